The van der Waals surface area contributed by atoms with Crippen LogP contribution in [0.4, 0.5) is 0 Å². The zero-order valence-corrected chi connectivity index (χ0v) is 12.8. The van der Waals surface area contributed by atoms with Gasteiger partial charge in [-0.25, -0.2) is 0 Å². The molecule has 2 aliphatic rings. The first-order valence-corrected chi connectivity index (χ1v) is 6.59. The molecule has 4 nitrogen and oxygen atoms in total. The van der Waals surface area contributed by atoms with Crippen molar-refractivity contribution in [3.63, 3.8) is 0 Å². The molecule has 102 valence electrons. The summed E-state index contributed by atoms with van der Waals surface area (Å²) in [4.78, 5) is 0. The predicted molar refractivity (Wildman–Crippen MR) is 72.2 cm³/mol. The second-order valence-electron chi connectivity index (χ2n) is 7.25. The highest BCUT2D eigenvalue weighted by Gasteiger charge is 2.63. The zero-order chi connectivity index (χ0) is 14.0. The van der Waals surface area contributed by atoms with Crippen LogP contribution in [0.25, 0.3) is 0 Å². The minimum atomic E-state index is -0.476. The minimum Gasteiger partial charge on any atom is -0.405 e. The van der Waals surface area contributed by atoms with E-state index in [2.05, 4.69) is 0 Å². The van der Waals surface area contributed by atoms with E-state index in [1.165, 1.54) is 0 Å². The molecule has 2 fully saturated rings. The van der Waals surface area contributed by atoms with Gasteiger partial charge < -0.3 is 18.6 Å². The second kappa shape index (κ2) is 3.75. The molecule has 0 bridgehead atoms. The van der Waals surface area contributed by atoms with Gasteiger partial charge in [0.05, 0.1) is 22.4 Å². The average Bonchev–Trinajstić information content (AvgIpc) is 2.45. The molecular formula is C12H24B2O4. The lowest BCUT2D eigenvalue weighted by molar-refractivity contribution is 0.00578. The van der Waals surface area contributed by atoms with Crippen LogP contribution in [0, 0.1) is 0 Å². The van der Waals surface area contributed by atoms with Gasteiger partial charge in [0.15, 0.2) is 0 Å². The van der Waals surface area contributed by atoms with Crippen LogP contribution in [-0.4, -0.2) is 36.4 Å². The Balaban J connectivity index is 2.14. The van der Waals surface area contributed by atoms with Gasteiger partial charge in [0.2, 0.25) is 0 Å². The van der Waals surface area contributed by atoms with Crippen LogP contribution < -0.4 is 0 Å². The van der Waals surface area contributed by atoms with Crippen LogP contribution in [0.1, 0.15) is 55.4 Å². The fraction of sp³-hybridized carbons (Fsp3) is 1.00. The van der Waals surface area contributed by atoms with Crippen molar-refractivity contribution in [3.05, 3.63) is 0 Å². The molecule has 0 amide bonds. The Hall–Kier alpha value is -0.0301. The van der Waals surface area contributed by atoms with Crippen molar-refractivity contribution in [2.45, 2.75) is 77.8 Å². The van der Waals surface area contributed by atoms with Crippen LogP contribution in [0.15, 0.2) is 0 Å². The van der Waals surface area contributed by atoms with Gasteiger partial charge in [-0.05, 0) is 55.4 Å². The first-order chi connectivity index (χ1) is 7.88. The number of rotatable bonds is 1. The van der Waals surface area contributed by atoms with E-state index in [9.17, 15) is 0 Å². The molecule has 0 spiro atoms. The van der Waals surface area contributed by atoms with Crippen molar-refractivity contribution >= 4 is 14.0 Å². The van der Waals surface area contributed by atoms with Gasteiger partial charge in [0, 0.05) is 0 Å². The van der Waals surface area contributed by atoms with Crippen LogP contribution >= 0.6 is 0 Å². The molecular weight excluding hydrogens is 228 g/mol. The third kappa shape index (κ3) is 2.03. The Morgan fingerprint density at radius 1 is 0.444 bits per heavy atom. The highest BCUT2D eigenvalue weighted by atomic mass is 16.7. The van der Waals surface area contributed by atoms with E-state index in [1.54, 1.807) is 0 Å². The Morgan fingerprint density at radius 3 is 0.778 bits per heavy atom. The molecule has 2 saturated heterocycles. The van der Waals surface area contributed by atoms with Crippen molar-refractivity contribution in [2.75, 3.05) is 0 Å². The Bertz CT molecular complexity index is 286. The topological polar surface area (TPSA) is 36.9 Å². The predicted octanol–water partition coefficient (Wildman–Crippen LogP) is 2.25. The van der Waals surface area contributed by atoms with Gasteiger partial charge in [0.25, 0.3) is 0 Å². The van der Waals surface area contributed by atoms with Crippen molar-refractivity contribution in [1.82, 2.24) is 0 Å². The normalized spacial score (nSPS) is 32.0. The third-order valence-corrected chi connectivity index (χ3v) is 4.77. The van der Waals surface area contributed by atoms with Crippen molar-refractivity contribution in [2.24, 2.45) is 0 Å². The molecule has 0 unspecified atom stereocenters. The molecule has 2 rings (SSSR count). The Kier molecular flexibility index (Phi) is 3.00. The minimum absolute atomic E-state index is 0.360. The third-order valence-electron chi connectivity index (χ3n) is 4.77. The zero-order valence-electron chi connectivity index (χ0n) is 12.8. The summed E-state index contributed by atoms with van der Waals surface area (Å²) in [5, 5.41) is 0. The number of hydrogen-bond acceptors (Lipinski definition) is 4. The summed E-state index contributed by atoms with van der Waals surface area (Å²) >= 11 is 0. The first kappa shape index (κ1) is 14.4. The van der Waals surface area contributed by atoms with Gasteiger partial charge in [-0.1, -0.05) is 0 Å². The molecule has 0 atom stereocenters. The summed E-state index contributed by atoms with van der Waals surface area (Å²) < 4.78 is 23.8. The van der Waals surface area contributed by atoms with E-state index in [0.717, 1.165) is 0 Å². The molecule has 0 aromatic rings. The second-order valence-corrected chi connectivity index (χ2v) is 7.25. The van der Waals surface area contributed by atoms with Crippen LogP contribution in [0.2, 0.25) is 0 Å². The fourth-order valence-electron chi connectivity index (χ4n) is 2.00. The Labute approximate surface area is 111 Å². The average molecular weight is 252 g/mol. The van der Waals surface area contributed by atoms with E-state index in [0.29, 0.717) is 0 Å². The lowest BCUT2D eigenvalue weighted by Crippen LogP contribution is -2.41. The van der Waals surface area contributed by atoms with Gasteiger partial charge in [0.1, 0.15) is 0 Å². The van der Waals surface area contributed by atoms with E-state index in [1.807, 2.05) is 55.4 Å². The van der Waals surface area contributed by atoms with Gasteiger partial charge in [-0.2, -0.15) is 0 Å². The Morgan fingerprint density at radius 2 is 0.611 bits per heavy atom. The molecule has 2 heterocycles. The summed E-state index contributed by atoms with van der Waals surface area (Å²) in [5.74, 6) is 0. The van der Waals surface area contributed by atoms with Crippen LogP contribution in [-0.2, 0) is 18.6 Å². The largest absolute Gasteiger partial charge is 0.488 e. The smallest absolute Gasteiger partial charge is 0.405 e. The van der Waals surface area contributed by atoms with E-state index < -0.39 is 14.0 Å². The monoisotopic (exact) mass is 252 g/mol. The molecule has 2 aliphatic heterocycles. The maximum atomic E-state index is 5.96. The van der Waals surface area contributed by atoms with Crippen molar-refractivity contribution in [3.8, 4) is 0 Å². The van der Waals surface area contributed by atoms with Crippen LogP contribution in [0.3, 0.4) is 0 Å². The maximum Gasteiger partial charge on any atom is 0.488 e. The summed E-state index contributed by atoms with van der Waals surface area (Å²) in [7, 11) is -0.952. The summed E-state index contributed by atoms with van der Waals surface area (Å²) in [6.07, 6.45) is 0. The van der Waals surface area contributed by atoms with Gasteiger partial charge in [-0.3, -0.25) is 0 Å². The number of hydrogen-bond donors (Lipinski definition) is 0. The van der Waals surface area contributed by atoms with Crippen LogP contribution in [0.5, 0.6) is 0 Å². The fourth-order valence-corrected chi connectivity index (χ4v) is 2.00. The molecule has 0 aliphatic carbocycles. The standard InChI is InChI=1S/C12H24B2O4/c1-9(2)10(3,4)16-13(15-9)14-17-11(5,6)12(7,8)18-14/h1-8H3/i13-1,14-1. The maximum absolute atomic E-state index is 5.96. The van der Waals surface area contributed by atoms with E-state index in [4.69, 9.17) is 18.6 Å². The summed E-state index contributed by atoms with van der Waals surface area (Å²) in [5.41, 5.74) is -1.44. The van der Waals surface area contributed by atoms with Gasteiger partial charge in [-0.15, -0.1) is 0 Å². The van der Waals surface area contributed by atoms with Crippen molar-refractivity contribution < 1.29 is 18.6 Å². The van der Waals surface area contributed by atoms with E-state index >= 15 is 0 Å². The van der Waals surface area contributed by atoms with E-state index in [-0.39, 0.29) is 22.4 Å². The highest BCUT2D eigenvalue weighted by molar-refractivity contribution is 7.11. The SMILES string of the molecule is CC1(C)O[10B]([10B]2OC(C)(C)C(C)(C)O2)OC1(C)C. The van der Waals surface area contributed by atoms with Gasteiger partial charge >= 0.3 is 14.0 Å². The molecule has 18 heavy (non-hydrogen) atoms. The van der Waals surface area contributed by atoms with Crippen molar-refractivity contribution in [1.29, 1.82) is 0 Å². The first-order valence-electron chi connectivity index (χ1n) is 6.59. The quantitative estimate of drug-likeness (QED) is 0.671. The molecule has 0 saturated carbocycles. The molecule has 0 aromatic heterocycles. The highest BCUT2D eigenvalue weighted by Crippen LogP contribution is 2.42. The molecule has 0 N–H and O–H groups in total. The lowest BCUT2D eigenvalue weighted by atomic mass is 8.73. The molecule has 0 aromatic carbocycles. The molecule has 0 radical (unpaired) electrons. The lowest BCUT2D eigenvalue weighted by Gasteiger charge is -2.32. The summed E-state index contributed by atoms with van der Waals surface area (Å²) in [6.45, 7) is 16.2. The molecule has 6 heteroatoms. The summed E-state index contributed by atoms with van der Waals surface area (Å²) in [6, 6.07) is 0.